The van der Waals surface area contributed by atoms with Crippen LogP contribution in [0.2, 0.25) is 0 Å². The maximum Gasteiger partial charge on any atom is 0.244 e. The van der Waals surface area contributed by atoms with Gasteiger partial charge in [-0.05, 0) is 12.1 Å². The summed E-state index contributed by atoms with van der Waals surface area (Å²) in [6.45, 7) is 0.163. The first kappa shape index (κ1) is 19.8. The number of rotatable bonds is 7. The minimum atomic E-state index is -0.260. The van der Waals surface area contributed by atoms with Crippen molar-refractivity contribution >= 4 is 23.4 Å². The van der Waals surface area contributed by atoms with Gasteiger partial charge in [-0.1, -0.05) is 11.8 Å². The van der Waals surface area contributed by atoms with Gasteiger partial charge in [0.1, 0.15) is 12.9 Å². The highest BCUT2D eigenvalue weighted by molar-refractivity contribution is 7.98. The van der Waals surface area contributed by atoms with Crippen molar-refractivity contribution in [2.75, 3.05) is 19.2 Å². The summed E-state index contributed by atoms with van der Waals surface area (Å²) in [5, 5.41) is 11.4. The lowest BCUT2D eigenvalue weighted by molar-refractivity contribution is -0.116. The van der Waals surface area contributed by atoms with Gasteiger partial charge >= 0.3 is 0 Å². The second kappa shape index (κ2) is 8.49. The smallest absolute Gasteiger partial charge is 0.244 e. The number of nitrogens with zero attached hydrogens (tertiary/aromatic N) is 4. The van der Waals surface area contributed by atoms with E-state index in [2.05, 4.69) is 15.5 Å². The molecule has 0 spiro atoms. The van der Waals surface area contributed by atoms with E-state index in [1.165, 1.54) is 31.1 Å². The minimum absolute atomic E-state index is 0.000208. The van der Waals surface area contributed by atoms with E-state index in [1.54, 1.807) is 33.7 Å². The molecule has 1 aromatic carbocycles. The van der Waals surface area contributed by atoms with Crippen LogP contribution in [-0.4, -0.2) is 39.1 Å². The first-order valence-electron chi connectivity index (χ1n) is 8.97. The van der Waals surface area contributed by atoms with Crippen molar-refractivity contribution in [3.8, 4) is 17.2 Å². The van der Waals surface area contributed by atoms with Gasteiger partial charge in [-0.15, -0.1) is 10.2 Å². The SMILES string of the molecule is COc1cn(CC(=O)Nc2ccc3c(c2)OCO3)c(CSc2nncn2C)cc1=O. The molecular formula is C19H19N5O5S. The number of fused-ring (bicyclic) bond motifs is 1. The number of carbonyl (C=O) groups is 1. The second-order valence-electron chi connectivity index (χ2n) is 6.45. The molecule has 1 N–H and O–H groups in total. The summed E-state index contributed by atoms with van der Waals surface area (Å²) >= 11 is 1.41. The summed E-state index contributed by atoms with van der Waals surface area (Å²) in [6, 6.07) is 6.65. The zero-order valence-corrected chi connectivity index (χ0v) is 17.1. The first-order chi connectivity index (χ1) is 14.5. The fourth-order valence-electron chi connectivity index (χ4n) is 2.89. The van der Waals surface area contributed by atoms with Gasteiger partial charge in [-0.25, -0.2) is 0 Å². The summed E-state index contributed by atoms with van der Waals surface area (Å²) in [7, 11) is 3.25. The Morgan fingerprint density at radius 1 is 1.30 bits per heavy atom. The van der Waals surface area contributed by atoms with Crippen LogP contribution in [0.3, 0.4) is 0 Å². The fourth-order valence-corrected chi connectivity index (χ4v) is 3.77. The summed E-state index contributed by atoms with van der Waals surface area (Å²) < 4.78 is 19.2. The van der Waals surface area contributed by atoms with Crippen LogP contribution in [0.25, 0.3) is 0 Å². The monoisotopic (exact) mass is 429 g/mol. The lowest BCUT2D eigenvalue weighted by Crippen LogP contribution is -2.22. The van der Waals surface area contributed by atoms with Crippen molar-refractivity contribution in [1.82, 2.24) is 19.3 Å². The zero-order valence-electron chi connectivity index (χ0n) is 16.3. The molecule has 1 aliphatic heterocycles. The first-order valence-corrected chi connectivity index (χ1v) is 9.95. The van der Waals surface area contributed by atoms with E-state index in [0.717, 1.165) is 0 Å². The van der Waals surface area contributed by atoms with Gasteiger partial charge in [-0.3, -0.25) is 9.59 Å². The Balaban J connectivity index is 1.51. The Bertz CT molecular complexity index is 1140. The van der Waals surface area contributed by atoms with Crippen LogP contribution < -0.4 is 25.0 Å². The van der Waals surface area contributed by atoms with Crippen LogP contribution in [0.5, 0.6) is 17.2 Å². The molecule has 156 valence electrons. The highest BCUT2D eigenvalue weighted by Gasteiger charge is 2.16. The molecule has 0 fully saturated rings. The Morgan fingerprint density at radius 2 is 2.13 bits per heavy atom. The molecule has 4 rings (SSSR count). The summed E-state index contributed by atoms with van der Waals surface area (Å²) in [4.78, 5) is 24.9. The van der Waals surface area contributed by atoms with Gasteiger partial charge in [0.2, 0.25) is 18.1 Å². The maximum absolute atomic E-state index is 12.6. The van der Waals surface area contributed by atoms with E-state index in [0.29, 0.717) is 33.8 Å². The molecule has 0 unspecified atom stereocenters. The number of anilines is 1. The van der Waals surface area contributed by atoms with Gasteiger partial charge < -0.3 is 28.7 Å². The van der Waals surface area contributed by atoms with Crippen LogP contribution in [-0.2, 0) is 24.1 Å². The molecule has 0 saturated heterocycles. The van der Waals surface area contributed by atoms with Gasteiger partial charge in [0.25, 0.3) is 0 Å². The molecule has 1 amide bonds. The normalized spacial score (nSPS) is 12.1. The van der Waals surface area contributed by atoms with E-state index in [9.17, 15) is 9.59 Å². The predicted octanol–water partition coefficient (Wildman–Crippen LogP) is 1.65. The second-order valence-corrected chi connectivity index (χ2v) is 7.40. The van der Waals surface area contributed by atoms with E-state index in [-0.39, 0.29) is 30.4 Å². The Morgan fingerprint density at radius 3 is 2.90 bits per heavy atom. The third-order valence-electron chi connectivity index (χ3n) is 4.39. The Kier molecular flexibility index (Phi) is 5.61. The number of hydrogen-bond donors (Lipinski definition) is 1. The number of aryl methyl sites for hydroxylation is 1. The molecular weight excluding hydrogens is 410 g/mol. The van der Waals surface area contributed by atoms with Crippen LogP contribution >= 0.6 is 11.8 Å². The lowest BCUT2D eigenvalue weighted by Gasteiger charge is -2.15. The van der Waals surface area contributed by atoms with E-state index in [4.69, 9.17) is 14.2 Å². The minimum Gasteiger partial charge on any atom is -0.491 e. The van der Waals surface area contributed by atoms with E-state index < -0.39 is 0 Å². The van der Waals surface area contributed by atoms with E-state index >= 15 is 0 Å². The van der Waals surface area contributed by atoms with Crippen molar-refractivity contribution in [3.05, 3.63) is 52.7 Å². The highest BCUT2D eigenvalue weighted by atomic mass is 32.2. The molecule has 0 saturated carbocycles. The number of hydrogen-bond acceptors (Lipinski definition) is 8. The molecule has 0 radical (unpaired) electrons. The van der Waals surface area contributed by atoms with Gasteiger partial charge in [0.05, 0.1) is 13.3 Å². The summed E-state index contributed by atoms with van der Waals surface area (Å²) in [5.41, 5.74) is 1.00. The number of aromatic nitrogens is 4. The van der Waals surface area contributed by atoms with Crippen molar-refractivity contribution in [2.24, 2.45) is 7.05 Å². The molecule has 30 heavy (non-hydrogen) atoms. The molecule has 0 atom stereocenters. The third-order valence-corrected chi connectivity index (χ3v) is 5.46. The van der Waals surface area contributed by atoms with Gasteiger partial charge in [0, 0.05) is 36.3 Å². The molecule has 1 aliphatic rings. The van der Waals surface area contributed by atoms with Crippen molar-refractivity contribution in [3.63, 3.8) is 0 Å². The van der Waals surface area contributed by atoms with Crippen molar-refractivity contribution < 1.29 is 19.0 Å². The highest BCUT2D eigenvalue weighted by Crippen LogP contribution is 2.34. The number of pyridine rings is 1. The number of methoxy groups -OCH3 is 1. The molecule has 3 aromatic rings. The fraction of sp³-hybridized carbons (Fsp3) is 0.263. The topological polar surface area (TPSA) is 110 Å². The molecule has 0 bridgehead atoms. The number of carbonyl (C=O) groups excluding carboxylic acids is 1. The average molecular weight is 429 g/mol. The quantitative estimate of drug-likeness (QED) is 0.565. The number of nitrogens with one attached hydrogen (secondary N) is 1. The standard InChI is InChI=1S/C19H19N5O5S/c1-23-10-20-22-19(23)30-9-13-6-14(25)17(27-2)7-24(13)8-18(26)21-12-3-4-15-16(5-12)29-11-28-15/h3-7,10H,8-9,11H2,1-2H3,(H,21,26). The summed E-state index contributed by atoms with van der Waals surface area (Å²) in [6.07, 6.45) is 3.14. The molecule has 10 nitrogen and oxygen atoms in total. The zero-order chi connectivity index (χ0) is 21.1. The van der Waals surface area contributed by atoms with Crippen molar-refractivity contribution in [2.45, 2.75) is 17.5 Å². The maximum atomic E-state index is 12.6. The van der Waals surface area contributed by atoms with Gasteiger partial charge in [-0.2, -0.15) is 0 Å². The molecule has 2 aromatic heterocycles. The molecule has 3 heterocycles. The van der Waals surface area contributed by atoms with Crippen LogP contribution in [0, 0.1) is 0 Å². The van der Waals surface area contributed by atoms with Crippen LogP contribution in [0.4, 0.5) is 5.69 Å². The van der Waals surface area contributed by atoms with Crippen LogP contribution in [0.1, 0.15) is 5.69 Å². The number of thioether (sulfide) groups is 1. The largest absolute Gasteiger partial charge is 0.491 e. The number of ether oxygens (including phenoxy) is 3. The summed E-state index contributed by atoms with van der Waals surface area (Å²) in [5.74, 6) is 1.56. The van der Waals surface area contributed by atoms with Crippen molar-refractivity contribution in [1.29, 1.82) is 0 Å². The lowest BCUT2D eigenvalue weighted by atomic mass is 10.2. The van der Waals surface area contributed by atoms with E-state index in [1.807, 2.05) is 7.05 Å². The molecule has 0 aliphatic carbocycles. The average Bonchev–Trinajstić information content (AvgIpc) is 3.36. The Labute approximate surface area is 175 Å². The molecule has 11 heteroatoms. The number of amides is 1. The van der Waals surface area contributed by atoms with Gasteiger partial charge in [0.15, 0.2) is 22.4 Å². The Hall–Kier alpha value is -3.47. The third kappa shape index (κ3) is 4.25. The predicted molar refractivity (Wildman–Crippen MR) is 109 cm³/mol. The van der Waals surface area contributed by atoms with Crippen LogP contribution in [0.15, 0.2) is 46.7 Å². The number of benzene rings is 1.